The van der Waals surface area contributed by atoms with Crippen LogP contribution >= 0.6 is 0 Å². The summed E-state index contributed by atoms with van der Waals surface area (Å²) < 4.78 is 2.44. The molecule has 0 atom stereocenters. The number of fused-ring (bicyclic) bond motifs is 6. The molecule has 0 amide bonds. The number of benzene rings is 4. The van der Waals surface area contributed by atoms with Gasteiger partial charge in [-0.25, -0.2) is 0 Å². The molecule has 36 heavy (non-hydrogen) atoms. The van der Waals surface area contributed by atoms with Gasteiger partial charge in [-0.05, 0) is 47.2 Å². The highest BCUT2D eigenvalue weighted by Gasteiger charge is 2.24. The first-order valence-corrected chi connectivity index (χ1v) is 13.0. The molecule has 178 valence electrons. The number of anilines is 2. The van der Waals surface area contributed by atoms with Gasteiger partial charge < -0.3 is 14.2 Å². The molecule has 0 radical (unpaired) electrons. The zero-order valence-electron chi connectivity index (χ0n) is 21.4. The number of rotatable bonds is 4. The lowest BCUT2D eigenvalue weighted by Gasteiger charge is -2.28. The number of aromatic nitrogens is 1. The van der Waals surface area contributed by atoms with Crippen LogP contribution in [0.4, 0.5) is 11.4 Å². The van der Waals surface area contributed by atoms with E-state index in [1.165, 1.54) is 60.6 Å². The Kier molecular flexibility index (Phi) is 4.59. The van der Waals surface area contributed by atoms with Crippen molar-refractivity contribution < 1.29 is 0 Å². The fraction of sp³-hybridized carbons (Fsp3) is 0.212. The van der Waals surface area contributed by atoms with Crippen LogP contribution in [0.15, 0.2) is 91.3 Å². The van der Waals surface area contributed by atoms with Crippen LogP contribution in [0, 0.1) is 0 Å². The first kappa shape index (κ1) is 21.3. The lowest BCUT2D eigenvalue weighted by atomic mass is 9.92. The van der Waals surface area contributed by atoms with Crippen LogP contribution in [0.3, 0.4) is 0 Å². The Morgan fingerprint density at radius 3 is 1.94 bits per heavy atom. The molecule has 3 nitrogen and oxygen atoms in total. The lowest BCUT2D eigenvalue weighted by molar-refractivity contribution is 0.817. The van der Waals surface area contributed by atoms with E-state index in [0.717, 1.165) is 6.67 Å². The van der Waals surface area contributed by atoms with Crippen molar-refractivity contribution in [2.75, 3.05) is 16.5 Å². The summed E-state index contributed by atoms with van der Waals surface area (Å²) in [5, 5.41) is 5.30. The predicted octanol–water partition coefficient (Wildman–Crippen LogP) is 8.84. The minimum atomic E-state index is 0.478. The average Bonchev–Trinajstić information content (AvgIpc) is 3.59. The monoisotopic (exact) mass is 469 g/mol. The van der Waals surface area contributed by atoms with Crippen molar-refractivity contribution >= 4 is 49.5 Å². The molecule has 3 heterocycles. The molecule has 0 spiro atoms. The Labute approximate surface area is 212 Å². The molecule has 2 aromatic heterocycles. The third-order valence-electron chi connectivity index (χ3n) is 7.90. The predicted molar refractivity (Wildman–Crippen MR) is 155 cm³/mol. The molecule has 1 aliphatic rings. The number of para-hydroxylation sites is 3. The molecule has 0 fully saturated rings. The van der Waals surface area contributed by atoms with Crippen LogP contribution in [-0.2, 0) is 0 Å². The van der Waals surface area contributed by atoms with Gasteiger partial charge in [-0.1, -0.05) is 82.3 Å². The number of nitrogens with zero attached hydrogens (tertiary/aromatic N) is 3. The Balaban J connectivity index is 1.33. The minimum Gasteiger partial charge on any atom is -0.328 e. The molecule has 0 unspecified atom stereocenters. The molecule has 0 saturated heterocycles. The summed E-state index contributed by atoms with van der Waals surface area (Å²) in [6, 6.07) is 29.2. The van der Waals surface area contributed by atoms with E-state index < -0.39 is 0 Å². The second kappa shape index (κ2) is 7.76. The summed E-state index contributed by atoms with van der Waals surface area (Å²) in [6.45, 7) is 9.99. The van der Waals surface area contributed by atoms with Crippen molar-refractivity contribution in [2.45, 2.75) is 39.5 Å². The van der Waals surface area contributed by atoms with Gasteiger partial charge >= 0.3 is 0 Å². The summed E-state index contributed by atoms with van der Waals surface area (Å²) in [5.41, 5.74) is 9.32. The van der Waals surface area contributed by atoms with E-state index in [-0.39, 0.29) is 0 Å². The third-order valence-corrected chi connectivity index (χ3v) is 7.90. The Morgan fingerprint density at radius 2 is 1.19 bits per heavy atom. The second-order valence-electron chi connectivity index (χ2n) is 10.7. The molecular weight excluding hydrogens is 438 g/mol. The van der Waals surface area contributed by atoms with Crippen molar-refractivity contribution in [3.8, 4) is 0 Å². The van der Waals surface area contributed by atoms with Gasteiger partial charge in [0.15, 0.2) is 0 Å². The van der Waals surface area contributed by atoms with E-state index in [1.807, 2.05) is 0 Å². The highest BCUT2D eigenvalue weighted by molar-refractivity contribution is 6.23. The molecular formula is C33H31N3. The quantitative estimate of drug-likeness (QED) is 0.255. The Morgan fingerprint density at radius 1 is 0.583 bits per heavy atom. The maximum absolute atomic E-state index is 2.44. The van der Waals surface area contributed by atoms with Gasteiger partial charge in [-0.2, -0.15) is 0 Å². The van der Waals surface area contributed by atoms with Crippen LogP contribution < -0.4 is 9.80 Å². The van der Waals surface area contributed by atoms with Crippen LogP contribution in [0.1, 0.15) is 50.7 Å². The van der Waals surface area contributed by atoms with Gasteiger partial charge in [0.05, 0.1) is 23.2 Å². The van der Waals surface area contributed by atoms with Crippen LogP contribution in [0.2, 0.25) is 0 Å². The van der Waals surface area contributed by atoms with E-state index >= 15 is 0 Å². The topological polar surface area (TPSA) is 10.9 Å². The summed E-state index contributed by atoms with van der Waals surface area (Å²) in [7, 11) is 0. The number of hydrogen-bond acceptors (Lipinski definition) is 2. The Bertz CT molecular complexity index is 1760. The molecule has 6 aromatic rings. The summed E-state index contributed by atoms with van der Waals surface area (Å²) >= 11 is 0. The molecule has 1 aliphatic heterocycles. The maximum Gasteiger partial charge on any atom is 0.0989 e. The van der Waals surface area contributed by atoms with Gasteiger partial charge in [-0.3, -0.25) is 0 Å². The molecule has 0 bridgehead atoms. The smallest absolute Gasteiger partial charge is 0.0989 e. The summed E-state index contributed by atoms with van der Waals surface area (Å²) in [5.74, 6) is 0.956. The average molecular weight is 470 g/mol. The highest BCUT2D eigenvalue weighted by Crippen LogP contribution is 2.41. The summed E-state index contributed by atoms with van der Waals surface area (Å²) in [6.07, 6.45) is 4.48. The van der Waals surface area contributed by atoms with Gasteiger partial charge in [0, 0.05) is 45.3 Å². The minimum absolute atomic E-state index is 0.478. The van der Waals surface area contributed by atoms with Crippen molar-refractivity contribution in [2.24, 2.45) is 0 Å². The largest absolute Gasteiger partial charge is 0.328 e. The molecule has 3 heteroatoms. The summed E-state index contributed by atoms with van der Waals surface area (Å²) in [4.78, 5) is 4.79. The lowest BCUT2D eigenvalue weighted by Crippen LogP contribution is -2.26. The van der Waals surface area contributed by atoms with Crippen LogP contribution in [-0.4, -0.2) is 11.1 Å². The Hall–Kier alpha value is -3.98. The first-order valence-electron chi connectivity index (χ1n) is 13.0. The SMILES string of the molecule is CC(C)c1cccc(C(C)C)c1N1C=CN(c2ccc3c(c2)c2cccc4c5ccccc5n3c42)C1. The first-order chi connectivity index (χ1) is 17.5. The second-order valence-corrected chi connectivity index (χ2v) is 10.7. The molecule has 4 aromatic carbocycles. The van der Waals surface area contributed by atoms with E-state index in [9.17, 15) is 0 Å². The van der Waals surface area contributed by atoms with Crippen LogP contribution in [0.25, 0.3) is 38.1 Å². The zero-order chi connectivity index (χ0) is 24.6. The van der Waals surface area contributed by atoms with Crippen molar-refractivity contribution in [3.63, 3.8) is 0 Å². The molecule has 0 aliphatic carbocycles. The fourth-order valence-electron chi connectivity index (χ4n) is 6.18. The normalized spacial score (nSPS) is 14.3. The van der Waals surface area contributed by atoms with E-state index in [4.69, 9.17) is 0 Å². The van der Waals surface area contributed by atoms with Gasteiger partial charge in [0.25, 0.3) is 0 Å². The van der Waals surface area contributed by atoms with Crippen LogP contribution in [0.5, 0.6) is 0 Å². The molecule has 7 rings (SSSR count). The highest BCUT2D eigenvalue weighted by atomic mass is 15.3. The fourth-order valence-corrected chi connectivity index (χ4v) is 6.18. The van der Waals surface area contributed by atoms with Crippen molar-refractivity contribution in [1.82, 2.24) is 4.40 Å². The maximum atomic E-state index is 2.44. The van der Waals surface area contributed by atoms with E-state index in [1.54, 1.807) is 0 Å². The molecule has 0 saturated carbocycles. The molecule has 0 N–H and O–H groups in total. The zero-order valence-corrected chi connectivity index (χ0v) is 21.4. The van der Waals surface area contributed by atoms with Gasteiger partial charge in [-0.15, -0.1) is 0 Å². The van der Waals surface area contributed by atoms with Gasteiger partial charge in [0.2, 0.25) is 0 Å². The van der Waals surface area contributed by atoms with Crippen molar-refractivity contribution in [3.05, 3.63) is 102 Å². The standard InChI is InChI=1S/C33H31N3/c1-21(2)24-10-7-11-25(22(3)4)32(24)35-18-17-34(20-35)23-15-16-31-29(19-23)28-13-8-12-27-26-9-5-6-14-30(26)36(31)33(27)28/h5-19,21-22H,20H2,1-4H3. The number of hydrogen-bond donors (Lipinski definition) is 0. The van der Waals surface area contributed by atoms with E-state index in [2.05, 4.69) is 133 Å². The van der Waals surface area contributed by atoms with E-state index in [0.29, 0.717) is 11.8 Å². The van der Waals surface area contributed by atoms with Crippen molar-refractivity contribution in [1.29, 1.82) is 0 Å². The third kappa shape index (κ3) is 2.92. The van der Waals surface area contributed by atoms with Gasteiger partial charge in [0.1, 0.15) is 0 Å².